The smallest absolute Gasteiger partial charge is 0.269 e. The van der Waals surface area contributed by atoms with Crippen LogP contribution in [-0.2, 0) is 0 Å². The molecular formula is C28H21N3O3. The summed E-state index contributed by atoms with van der Waals surface area (Å²) < 4.78 is 0. The lowest BCUT2D eigenvalue weighted by Gasteiger charge is -2.31. The fraction of sp³-hybridized carbons (Fsp3) is 0.0714. The predicted molar refractivity (Wildman–Crippen MR) is 133 cm³/mol. The lowest BCUT2D eigenvalue weighted by atomic mass is 9.95. The number of para-hydroxylation sites is 2. The summed E-state index contributed by atoms with van der Waals surface area (Å²) in [5.74, 6) is -0.152. The third kappa shape index (κ3) is 4.09. The van der Waals surface area contributed by atoms with Crippen molar-refractivity contribution in [2.75, 3.05) is 4.90 Å². The minimum atomic E-state index is -0.421. The molecule has 1 aliphatic heterocycles. The zero-order valence-corrected chi connectivity index (χ0v) is 18.2. The van der Waals surface area contributed by atoms with Crippen LogP contribution < -0.4 is 4.90 Å². The number of nitrogens with zero attached hydrogens (tertiary/aromatic N) is 3. The van der Waals surface area contributed by atoms with Crippen molar-refractivity contribution in [3.05, 3.63) is 136 Å². The van der Waals surface area contributed by atoms with E-state index < -0.39 is 11.0 Å². The number of non-ortho nitro benzene ring substituents is 1. The molecule has 0 saturated carbocycles. The van der Waals surface area contributed by atoms with Gasteiger partial charge in [-0.3, -0.25) is 24.8 Å². The largest absolute Gasteiger partial charge is 0.298 e. The van der Waals surface area contributed by atoms with Crippen LogP contribution in [-0.4, -0.2) is 16.5 Å². The second-order valence-electron chi connectivity index (χ2n) is 8.02. The van der Waals surface area contributed by atoms with Crippen molar-refractivity contribution in [3.8, 4) is 0 Å². The van der Waals surface area contributed by atoms with Crippen LogP contribution in [0.3, 0.4) is 0 Å². The number of fused-ring (bicyclic) bond motifs is 1. The molecule has 6 nitrogen and oxygen atoms in total. The Morgan fingerprint density at radius 1 is 0.824 bits per heavy atom. The number of carbonyl (C=O) groups excluding carboxylic acids is 1. The average Bonchev–Trinajstić information content (AvgIpc) is 3.06. The highest BCUT2D eigenvalue weighted by Crippen LogP contribution is 2.41. The number of aliphatic imine (C=N–C) groups is 1. The molecule has 1 aliphatic rings. The molecule has 0 saturated heterocycles. The van der Waals surface area contributed by atoms with Crippen LogP contribution in [0.15, 0.2) is 114 Å². The topological polar surface area (TPSA) is 75.8 Å². The summed E-state index contributed by atoms with van der Waals surface area (Å²) in [5.41, 5.74) is 4.59. The summed E-state index contributed by atoms with van der Waals surface area (Å²) in [5, 5.41) is 11.2. The molecule has 166 valence electrons. The Balaban J connectivity index is 1.69. The van der Waals surface area contributed by atoms with E-state index in [-0.39, 0.29) is 11.6 Å². The summed E-state index contributed by atoms with van der Waals surface area (Å²) in [7, 11) is 0. The number of hydrogen-bond donors (Lipinski definition) is 0. The van der Waals surface area contributed by atoms with Gasteiger partial charge in [0.1, 0.15) is 0 Å². The maximum Gasteiger partial charge on any atom is 0.269 e. The summed E-state index contributed by atoms with van der Waals surface area (Å²) in [6, 6.07) is 32.6. The van der Waals surface area contributed by atoms with Crippen molar-refractivity contribution in [2.45, 2.75) is 12.5 Å². The number of benzene rings is 4. The SMILES string of the molecule is O=C(c1ccccc1)N1c2ccccc2N=C(c2ccccc2)CC1c1ccc([N+](=O)[O-])cc1. The van der Waals surface area contributed by atoms with Gasteiger partial charge in [0.25, 0.3) is 11.6 Å². The normalized spacial score (nSPS) is 15.1. The highest BCUT2D eigenvalue weighted by atomic mass is 16.6. The summed E-state index contributed by atoms with van der Waals surface area (Å²) >= 11 is 0. The lowest BCUT2D eigenvalue weighted by Crippen LogP contribution is -2.35. The van der Waals surface area contributed by atoms with Crippen molar-refractivity contribution >= 4 is 28.7 Å². The zero-order valence-electron chi connectivity index (χ0n) is 18.2. The number of rotatable bonds is 4. The standard InChI is InChI=1S/C28H21N3O3/c32-28(22-11-5-2-6-12-22)30-26-14-8-7-13-24(26)29-25(20-9-3-1-4-10-20)19-27(30)21-15-17-23(18-16-21)31(33)34/h1-18,27H,19H2. The first-order valence-electron chi connectivity index (χ1n) is 11.0. The van der Waals surface area contributed by atoms with E-state index in [1.165, 1.54) is 12.1 Å². The molecule has 0 bridgehead atoms. The number of nitro groups is 1. The van der Waals surface area contributed by atoms with Crippen molar-refractivity contribution in [2.24, 2.45) is 4.99 Å². The molecule has 0 fully saturated rings. The van der Waals surface area contributed by atoms with Crippen molar-refractivity contribution in [1.82, 2.24) is 0 Å². The van der Waals surface area contributed by atoms with Crippen molar-refractivity contribution in [1.29, 1.82) is 0 Å². The van der Waals surface area contributed by atoms with Crippen LogP contribution in [0.5, 0.6) is 0 Å². The Morgan fingerprint density at radius 3 is 2.12 bits per heavy atom. The highest BCUT2D eigenvalue weighted by Gasteiger charge is 2.33. The zero-order chi connectivity index (χ0) is 23.5. The highest BCUT2D eigenvalue weighted by molar-refractivity contribution is 6.11. The van der Waals surface area contributed by atoms with E-state index in [4.69, 9.17) is 4.99 Å². The van der Waals surface area contributed by atoms with E-state index in [9.17, 15) is 14.9 Å². The maximum absolute atomic E-state index is 13.9. The Bertz CT molecular complexity index is 1370. The monoisotopic (exact) mass is 447 g/mol. The van der Waals surface area contributed by atoms with Gasteiger partial charge in [-0.05, 0) is 35.4 Å². The van der Waals surface area contributed by atoms with Gasteiger partial charge in [0, 0.05) is 24.1 Å². The Kier molecular flexibility index (Phi) is 5.70. The Hall–Kier alpha value is -4.58. The number of hydrogen-bond acceptors (Lipinski definition) is 4. The minimum absolute atomic E-state index is 0.00987. The van der Waals surface area contributed by atoms with Crippen molar-refractivity contribution in [3.63, 3.8) is 0 Å². The van der Waals surface area contributed by atoms with Gasteiger partial charge in [-0.15, -0.1) is 0 Å². The van der Waals surface area contributed by atoms with E-state index >= 15 is 0 Å². The van der Waals surface area contributed by atoms with Gasteiger partial charge in [0.05, 0.1) is 28.1 Å². The van der Waals surface area contributed by atoms with E-state index in [1.807, 2.05) is 72.8 Å². The molecule has 34 heavy (non-hydrogen) atoms. The fourth-order valence-electron chi connectivity index (χ4n) is 4.26. The van der Waals surface area contributed by atoms with Crippen LogP contribution in [0, 0.1) is 10.1 Å². The lowest BCUT2D eigenvalue weighted by molar-refractivity contribution is -0.384. The van der Waals surface area contributed by atoms with Gasteiger partial charge < -0.3 is 0 Å². The van der Waals surface area contributed by atoms with Crippen LogP contribution in [0.4, 0.5) is 17.1 Å². The third-order valence-electron chi connectivity index (χ3n) is 5.93. The minimum Gasteiger partial charge on any atom is -0.298 e. The molecule has 5 rings (SSSR count). The van der Waals surface area contributed by atoms with Gasteiger partial charge >= 0.3 is 0 Å². The van der Waals surface area contributed by atoms with E-state index in [2.05, 4.69) is 0 Å². The second kappa shape index (κ2) is 9.11. The quantitative estimate of drug-likeness (QED) is 0.264. The second-order valence-corrected chi connectivity index (χ2v) is 8.02. The maximum atomic E-state index is 13.9. The van der Waals surface area contributed by atoms with E-state index in [0.29, 0.717) is 23.4 Å². The fourth-order valence-corrected chi connectivity index (χ4v) is 4.26. The first kappa shape index (κ1) is 21.3. The molecule has 0 radical (unpaired) electrons. The Morgan fingerprint density at radius 2 is 1.44 bits per heavy atom. The first-order chi connectivity index (χ1) is 16.6. The summed E-state index contributed by atoms with van der Waals surface area (Å²) in [6.07, 6.45) is 0.453. The summed E-state index contributed by atoms with van der Waals surface area (Å²) in [6.45, 7) is 0. The molecule has 1 heterocycles. The molecule has 1 amide bonds. The molecule has 0 N–H and O–H groups in total. The van der Waals surface area contributed by atoms with Gasteiger partial charge in [0.15, 0.2) is 0 Å². The first-order valence-corrected chi connectivity index (χ1v) is 11.0. The predicted octanol–water partition coefficient (Wildman–Crippen LogP) is 6.51. The number of nitro benzene ring substituents is 1. The molecule has 6 heteroatoms. The van der Waals surface area contributed by atoms with Gasteiger partial charge in [0.2, 0.25) is 0 Å². The van der Waals surface area contributed by atoms with E-state index in [0.717, 1.165) is 16.8 Å². The van der Waals surface area contributed by atoms with Gasteiger partial charge in [-0.25, -0.2) is 0 Å². The summed E-state index contributed by atoms with van der Waals surface area (Å²) in [4.78, 5) is 31.4. The number of amides is 1. The molecule has 4 aromatic carbocycles. The third-order valence-corrected chi connectivity index (χ3v) is 5.93. The van der Waals surface area contributed by atoms with Gasteiger partial charge in [-0.2, -0.15) is 0 Å². The molecule has 1 unspecified atom stereocenters. The van der Waals surface area contributed by atoms with Crippen LogP contribution >= 0.6 is 0 Å². The molecule has 1 atom stereocenters. The van der Waals surface area contributed by atoms with Crippen molar-refractivity contribution < 1.29 is 9.72 Å². The molecule has 0 aromatic heterocycles. The van der Waals surface area contributed by atoms with E-state index in [1.54, 1.807) is 29.2 Å². The van der Waals surface area contributed by atoms with Crippen LogP contribution in [0.25, 0.3) is 0 Å². The van der Waals surface area contributed by atoms with Crippen LogP contribution in [0.2, 0.25) is 0 Å². The number of carbonyl (C=O) groups is 1. The molecular weight excluding hydrogens is 426 g/mol. The van der Waals surface area contributed by atoms with Crippen LogP contribution in [0.1, 0.15) is 33.9 Å². The molecule has 0 spiro atoms. The average molecular weight is 447 g/mol. The Labute approximate surface area is 197 Å². The molecule has 4 aromatic rings. The number of anilines is 1. The van der Waals surface area contributed by atoms with Gasteiger partial charge in [-0.1, -0.05) is 72.8 Å². The molecule has 0 aliphatic carbocycles.